The lowest BCUT2D eigenvalue weighted by Gasteiger charge is -2.08. The number of ether oxygens (including phenoxy) is 2. The number of esters is 1. The van der Waals surface area contributed by atoms with Crippen molar-refractivity contribution in [1.82, 2.24) is 10.3 Å². The second-order valence-electron chi connectivity index (χ2n) is 4.43. The predicted octanol–water partition coefficient (Wildman–Crippen LogP) is 1.81. The summed E-state index contributed by atoms with van der Waals surface area (Å²) in [6.07, 6.45) is 0. The van der Waals surface area contributed by atoms with Crippen molar-refractivity contribution in [3.05, 3.63) is 41.0 Å². The molecule has 0 atom stereocenters. The monoisotopic (exact) mass is 322 g/mol. The average Bonchev–Trinajstić information content (AvgIpc) is 2.52. The fourth-order valence-electron chi connectivity index (χ4n) is 1.86. The number of nitrogens with zero attached hydrogens (tertiary/aromatic N) is 1. The van der Waals surface area contributed by atoms with Crippen LogP contribution in [0.25, 0.3) is 10.9 Å². The maximum Gasteiger partial charge on any atom is 0.339 e. The molecule has 0 spiro atoms. The van der Waals surface area contributed by atoms with Gasteiger partial charge in [0.15, 0.2) is 6.61 Å². The predicted molar refractivity (Wildman–Crippen MR) is 81.9 cm³/mol. The molecule has 0 bridgehead atoms. The van der Waals surface area contributed by atoms with Crippen molar-refractivity contribution in [3.63, 3.8) is 0 Å². The summed E-state index contributed by atoms with van der Waals surface area (Å²) >= 11 is 5.90. The molecule has 0 unspecified atom stereocenters. The van der Waals surface area contributed by atoms with Gasteiger partial charge in [0.25, 0.3) is 5.91 Å². The van der Waals surface area contributed by atoms with Crippen LogP contribution in [0.2, 0.25) is 5.15 Å². The highest BCUT2D eigenvalue weighted by atomic mass is 35.5. The molecular weight excluding hydrogens is 308 g/mol. The van der Waals surface area contributed by atoms with Crippen LogP contribution in [0.3, 0.4) is 0 Å². The van der Waals surface area contributed by atoms with Gasteiger partial charge in [-0.25, -0.2) is 9.78 Å². The Morgan fingerprint density at radius 1 is 1.32 bits per heavy atom. The Kier molecular flexibility index (Phi) is 5.68. The standard InChI is InChI=1S/C15H15ClN2O4/c1-21-7-6-17-14(19)9-22-15(20)11-8-13(16)18-12-5-3-2-4-10(11)12/h2-5,8H,6-7,9H2,1H3,(H,17,19). The topological polar surface area (TPSA) is 77.5 Å². The zero-order valence-corrected chi connectivity index (χ0v) is 12.7. The summed E-state index contributed by atoms with van der Waals surface area (Å²) in [7, 11) is 1.53. The number of benzene rings is 1. The number of carbonyl (C=O) groups is 2. The first kappa shape index (κ1) is 16.2. The first-order chi connectivity index (χ1) is 10.6. The highest BCUT2D eigenvalue weighted by molar-refractivity contribution is 6.30. The zero-order chi connectivity index (χ0) is 15.9. The van der Waals surface area contributed by atoms with Gasteiger partial charge in [0.2, 0.25) is 0 Å². The number of amides is 1. The van der Waals surface area contributed by atoms with Gasteiger partial charge in [-0.15, -0.1) is 0 Å². The van der Waals surface area contributed by atoms with Crippen molar-refractivity contribution in [3.8, 4) is 0 Å². The number of rotatable bonds is 6. The van der Waals surface area contributed by atoms with Gasteiger partial charge in [-0.3, -0.25) is 4.79 Å². The van der Waals surface area contributed by atoms with Gasteiger partial charge >= 0.3 is 5.97 Å². The Labute approximate surface area is 132 Å². The van der Waals surface area contributed by atoms with E-state index in [1.807, 2.05) is 0 Å². The minimum absolute atomic E-state index is 0.190. The Bertz CT molecular complexity index is 690. The zero-order valence-electron chi connectivity index (χ0n) is 12.0. The number of nitrogens with one attached hydrogen (secondary N) is 1. The van der Waals surface area contributed by atoms with Crippen molar-refractivity contribution >= 4 is 34.4 Å². The maximum absolute atomic E-state index is 12.1. The van der Waals surface area contributed by atoms with E-state index >= 15 is 0 Å². The van der Waals surface area contributed by atoms with Gasteiger partial charge in [0.1, 0.15) is 5.15 Å². The number of hydrogen-bond acceptors (Lipinski definition) is 5. The van der Waals surface area contributed by atoms with E-state index in [1.54, 1.807) is 24.3 Å². The van der Waals surface area contributed by atoms with Gasteiger partial charge in [-0.2, -0.15) is 0 Å². The number of fused-ring (bicyclic) bond motifs is 1. The third-order valence-corrected chi connectivity index (χ3v) is 3.06. The molecule has 22 heavy (non-hydrogen) atoms. The molecule has 1 amide bonds. The van der Waals surface area contributed by atoms with Crippen LogP contribution in [0.1, 0.15) is 10.4 Å². The molecule has 2 aromatic rings. The molecule has 0 radical (unpaired) electrons. The quantitative estimate of drug-likeness (QED) is 0.498. The molecule has 2 rings (SSSR count). The third-order valence-electron chi connectivity index (χ3n) is 2.87. The number of carbonyl (C=O) groups excluding carboxylic acids is 2. The summed E-state index contributed by atoms with van der Waals surface area (Å²) in [5.74, 6) is -1.02. The van der Waals surface area contributed by atoms with Crippen molar-refractivity contribution < 1.29 is 19.1 Å². The molecule has 6 nitrogen and oxygen atoms in total. The minimum atomic E-state index is -0.623. The second-order valence-corrected chi connectivity index (χ2v) is 4.82. The van der Waals surface area contributed by atoms with E-state index in [-0.39, 0.29) is 17.3 Å². The summed E-state index contributed by atoms with van der Waals surface area (Å²) in [6, 6.07) is 8.49. The van der Waals surface area contributed by atoms with Gasteiger partial charge in [0, 0.05) is 19.0 Å². The number of methoxy groups -OCH3 is 1. The van der Waals surface area contributed by atoms with Crippen LogP contribution in [-0.4, -0.2) is 43.7 Å². The molecular formula is C15H15ClN2O4. The third kappa shape index (κ3) is 4.16. The van der Waals surface area contributed by atoms with Gasteiger partial charge in [-0.05, 0) is 12.1 Å². The molecule has 116 valence electrons. The van der Waals surface area contributed by atoms with E-state index in [1.165, 1.54) is 13.2 Å². The summed E-state index contributed by atoms with van der Waals surface area (Å²) in [5.41, 5.74) is 0.867. The van der Waals surface area contributed by atoms with Gasteiger partial charge in [-0.1, -0.05) is 29.8 Å². The number of halogens is 1. The number of aromatic nitrogens is 1. The SMILES string of the molecule is COCCNC(=O)COC(=O)c1cc(Cl)nc2ccccc12. The van der Waals surface area contributed by atoms with Crippen molar-refractivity contribution in [2.24, 2.45) is 0 Å². The number of para-hydroxylation sites is 1. The lowest BCUT2D eigenvalue weighted by molar-refractivity contribution is -0.124. The van der Waals surface area contributed by atoms with Crippen molar-refractivity contribution in [2.75, 3.05) is 26.9 Å². The van der Waals surface area contributed by atoms with Crippen molar-refractivity contribution in [2.45, 2.75) is 0 Å². The fourth-order valence-corrected chi connectivity index (χ4v) is 2.06. The van der Waals surface area contributed by atoms with E-state index in [9.17, 15) is 9.59 Å². The molecule has 0 saturated heterocycles. The maximum atomic E-state index is 12.1. The molecule has 0 aliphatic heterocycles. The highest BCUT2D eigenvalue weighted by Crippen LogP contribution is 2.21. The minimum Gasteiger partial charge on any atom is -0.452 e. The van der Waals surface area contributed by atoms with E-state index < -0.39 is 11.9 Å². The van der Waals surface area contributed by atoms with Gasteiger partial charge < -0.3 is 14.8 Å². The largest absolute Gasteiger partial charge is 0.452 e. The molecule has 1 aromatic heterocycles. The molecule has 0 saturated carbocycles. The van der Waals surface area contributed by atoms with Crippen LogP contribution in [0.15, 0.2) is 30.3 Å². The van der Waals surface area contributed by atoms with Crippen LogP contribution in [0.4, 0.5) is 0 Å². The van der Waals surface area contributed by atoms with Crippen molar-refractivity contribution in [1.29, 1.82) is 0 Å². The van der Waals surface area contributed by atoms with E-state index in [2.05, 4.69) is 10.3 Å². The van der Waals surface area contributed by atoms with E-state index in [4.69, 9.17) is 21.1 Å². The summed E-state index contributed by atoms with van der Waals surface area (Å²) in [4.78, 5) is 27.8. The highest BCUT2D eigenvalue weighted by Gasteiger charge is 2.15. The Morgan fingerprint density at radius 3 is 2.86 bits per heavy atom. The van der Waals surface area contributed by atoms with Crippen LogP contribution in [-0.2, 0) is 14.3 Å². The average molecular weight is 323 g/mol. The molecule has 7 heteroatoms. The lowest BCUT2D eigenvalue weighted by atomic mass is 10.1. The smallest absolute Gasteiger partial charge is 0.339 e. The Hall–Kier alpha value is -2.18. The molecule has 0 aliphatic rings. The Balaban J connectivity index is 2.05. The molecule has 0 fully saturated rings. The second kappa shape index (κ2) is 7.72. The Morgan fingerprint density at radius 2 is 2.09 bits per heavy atom. The normalized spacial score (nSPS) is 10.5. The van der Waals surface area contributed by atoms with Crippen LogP contribution >= 0.6 is 11.6 Å². The first-order valence-corrected chi connectivity index (χ1v) is 6.97. The summed E-state index contributed by atoms with van der Waals surface area (Å²) in [5, 5.41) is 3.37. The van der Waals surface area contributed by atoms with Crippen LogP contribution < -0.4 is 5.32 Å². The van der Waals surface area contributed by atoms with Crippen LogP contribution in [0, 0.1) is 0 Å². The fraction of sp³-hybridized carbons (Fsp3) is 0.267. The molecule has 1 aromatic carbocycles. The van der Waals surface area contributed by atoms with Gasteiger partial charge in [0.05, 0.1) is 17.7 Å². The molecule has 0 aliphatic carbocycles. The molecule has 1 heterocycles. The van der Waals surface area contributed by atoms with E-state index in [0.29, 0.717) is 24.1 Å². The lowest BCUT2D eigenvalue weighted by Crippen LogP contribution is -2.31. The summed E-state index contributed by atoms with van der Waals surface area (Å²) in [6.45, 7) is 0.387. The van der Waals surface area contributed by atoms with E-state index in [0.717, 1.165) is 0 Å². The molecule has 1 N–H and O–H groups in total. The summed E-state index contributed by atoms with van der Waals surface area (Å²) < 4.78 is 9.81. The first-order valence-electron chi connectivity index (χ1n) is 6.60. The number of pyridine rings is 1. The number of hydrogen-bond donors (Lipinski definition) is 1. The van der Waals surface area contributed by atoms with Crippen LogP contribution in [0.5, 0.6) is 0 Å².